The Morgan fingerprint density at radius 3 is 2.52 bits per heavy atom. The second kappa shape index (κ2) is 6.17. The Bertz CT molecular complexity index is 1060. The predicted octanol–water partition coefficient (Wildman–Crippen LogP) is 1.70. The van der Waals surface area contributed by atoms with E-state index in [2.05, 4.69) is 15.4 Å². The summed E-state index contributed by atoms with van der Waals surface area (Å²) < 4.78 is 32.1. The zero-order valence-corrected chi connectivity index (χ0v) is 14.7. The summed E-state index contributed by atoms with van der Waals surface area (Å²) in [5.74, 6) is -0.531. The molecule has 130 valence electrons. The minimum Gasteiger partial charge on any atom is -0.464 e. The zero-order chi connectivity index (χ0) is 18.2. The molecule has 2 aromatic heterocycles. The van der Waals surface area contributed by atoms with E-state index in [1.807, 2.05) is 0 Å². The fraction of sp³-hybridized carbons (Fsp3) is 0.188. The molecule has 0 aliphatic carbocycles. The van der Waals surface area contributed by atoms with Gasteiger partial charge in [0.25, 0.3) is 0 Å². The van der Waals surface area contributed by atoms with E-state index in [4.69, 9.17) is 4.74 Å². The third-order valence-electron chi connectivity index (χ3n) is 3.63. The molecule has 25 heavy (non-hydrogen) atoms. The van der Waals surface area contributed by atoms with Crippen molar-refractivity contribution in [2.24, 2.45) is 0 Å². The zero-order valence-electron chi connectivity index (χ0n) is 13.8. The highest BCUT2D eigenvalue weighted by Gasteiger charge is 2.30. The molecular weight excluding hydrogens is 344 g/mol. The number of hydrogen-bond donors (Lipinski definition) is 1. The summed E-state index contributed by atoms with van der Waals surface area (Å²) in [7, 11) is -1.10. The molecule has 0 fully saturated rings. The van der Waals surface area contributed by atoms with E-state index in [0.717, 1.165) is 0 Å². The topological polar surface area (TPSA) is 103 Å². The highest BCUT2D eigenvalue weighted by atomic mass is 32.2. The number of ether oxygens (including phenoxy) is 1. The van der Waals surface area contributed by atoms with Gasteiger partial charge in [-0.2, -0.15) is 0 Å². The number of fused-ring (bicyclic) bond motifs is 1. The van der Waals surface area contributed by atoms with Gasteiger partial charge in [0.05, 0.1) is 12.0 Å². The van der Waals surface area contributed by atoms with Gasteiger partial charge in [0.15, 0.2) is 22.1 Å². The first-order valence-corrected chi connectivity index (χ1v) is 8.85. The molecule has 3 aromatic rings. The standard InChI is InChI=1S/C16H16N4O4S/c1-10-9-12(16(21)24-3)20-15(18-10)13(14(17-2)19-20)25(22,23)11-7-5-4-6-8-11/h4-9H,1-3H3,(H,17,19). The summed E-state index contributed by atoms with van der Waals surface area (Å²) in [5, 5.41) is 6.96. The van der Waals surface area contributed by atoms with Gasteiger partial charge in [-0.1, -0.05) is 18.2 Å². The van der Waals surface area contributed by atoms with Crippen LogP contribution < -0.4 is 5.32 Å². The SMILES string of the molecule is CNc1nn2c(C(=O)OC)cc(C)nc2c1S(=O)(=O)c1ccccc1. The molecule has 3 rings (SSSR count). The van der Waals surface area contributed by atoms with Crippen molar-refractivity contribution >= 4 is 27.3 Å². The van der Waals surface area contributed by atoms with Crippen LogP contribution in [0, 0.1) is 6.92 Å². The van der Waals surface area contributed by atoms with Crippen LogP contribution in [0.2, 0.25) is 0 Å². The van der Waals surface area contributed by atoms with Crippen LogP contribution >= 0.6 is 0 Å². The van der Waals surface area contributed by atoms with E-state index >= 15 is 0 Å². The van der Waals surface area contributed by atoms with E-state index in [-0.39, 0.29) is 26.9 Å². The van der Waals surface area contributed by atoms with Gasteiger partial charge < -0.3 is 10.1 Å². The molecule has 0 aliphatic rings. The molecule has 0 radical (unpaired) electrons. The number of hydrogen-bond acceptors (Lipinski definition) is 7. The molecule has 0 spiro atoms. The van der Waals surface area contributed by atoms with Gasteiger partial charge in [0.1, 0.15) is 0 Å². The van der Waals surface area contributed by atoms with Crippen LogP contribution in [0.1, 0.15) is 16.2 Å². The Balaban J connectivity index is 2.40. The molecule has 2 heterocycles. The largest absolute Gasteiger partial charge is 0.464 e. The van der Waals surface area contributed by atoms with Gasteiger partial charge >= 0.3 is 5.97 Å². The molecule has 0 bridgehead atoms. The van der Waals surface area contributed by atoms with Crippen molar-refractivity contribution in [3.8, 4) is 0 Å². The lowest BCUT2D eigenvalue weighted by Gasteiger charge is -2.06. The fourth-order valence-corrected chi connectivity index (χ4v) is 4.02. The molecular formula is C16H16N4O4S. The number of esters is 1. The quantitative estimate of drug-likeness (QED) is 0.706. The average molecular weight is 360 g/mol. The number of carbonyl (C=O) groups is 1. The second-order valence-electron chi connectivity index (χ2n) is 5.25. The first kappa shape index (κ1) is 16.9. The van der Waals surface area contributed by atoms with Crippen LogP contribution in [0.5, 0.6) is 0 Å². The highest BCUT2D eigenvalue weighted by molar-refractivity contribution is 7.91. The number of rotatable bonds is 4. The summed E-state index contributed by atoms with van der Waals surface area (Å²) in [6.07, 6.45) is 0. The van der Waals surface area contributed by atoms with Crippen LogP contribution in [0.15, 0.2) is 46.2 Å². The maximum atomic E-state index is 13.1. The van der Waals surface area contributed by atoms with Gasteiger partial charge in [-0.25, -0.2) is 22.7 Å². The van der Waals surface area contributed by atoms with Crippen molar-refractivity contribution < 1.29 is 17.9 Å². The van der Waals surface area contributed by atoms with Crippen molar-refractivity contribution in [2.75, 3.05) is 19.5 Å². The van der Waals surface area contributed by atoms with Crippen molar-refractivity contribution in [3.63, 3.8) is 0 Å². The molecule has 8 nitrogen and oxygen atoms in total. The number of sulfone groups is 1. The molecule has 1 aromatic carbocycles. The van der Waals surface area contributed by atoms with Crippen LogP contribution in [-0.4, -0.2) is 43.1 Å². The molecule has 1 N–H and O–H groups in total. The van der Waals surface area contributed by atoms with Crippen LogP contribution in [-0.2, 0) is 14.6 Å². The van der Waals surface area contributed by atoms with E-state index in [1.165, 1.54) is 29.8 Å². The van der Waals surface area contributed by atoms with Gasteiger partial charge in [-0.15, -0.1) is 5.10 Å². The van der Waals surface area contributed by atoms with Gasteiger partial charge in [0, 0.05) is 12.7 Å². The minimum absolute atomic E-state index is 0.0635. The number of aryl methyl sites for hydroxylation is 1. The summed E-state index contributed by atoms with van der Waals surface area (Å²) >= 11 is 0. The van der Waals surface area contributed by atoms with E-state index in [0.29, 0.717) is 5.69 Å². The van der Waals surface area contributed by atoms with E-state index < -0.39 is 15.8 Å². The third kappa shape index (κ3) is 2.72. The lowest BCUT2D eigenvalue weighted by molar-refractivity contribution is 0.0590. The first-order chi connectivity index (χ1) is 11.9. The summed E-state index contributed by atoms with van der Waals surface area (Å²) in [4.78, 5) is 16.3. The number of carbonyl (C=O) groups excluding carboxylic acids is 1. The minimum atomic E-state index is -3.89. The van der Waals surface area contributed by atoms with E-state index in [1.54, 1.807) is 32.2 Å². The number of nitrogens with one attached hydrogen (secondary N) is 1. The number of nitrogens with zero attached hydrogens (tertiary/aromatic N) is 3. The maximum Gasteiger partial charge on any atom is 0.356 e. The smallest absolute Gasteiger partial charge is 0.356 e. The molecule has 0 unspecified atom stereocenters. The van der Waals surface area contributed by atoms with Gasteiger partial charge in [0.2, 0.25) is 9.84 Å². The average Bonchev–Trinajstić information content (AvgIpc) is 3.00. The number of anilines is 1. The summed E-state index contributed by atoms with van der Waals surface area (Å²) in [6, 6.07) is 9.48. The van der Waals surface area contributed by atoms with Crippen molar-refractivity contribution in [1.82, 2.24) is 14.6 Å². The number of aromatic nitrogens is 3. The Kier molecular flexibility index (Phi) is 4.17. The Labute approximate surface area is 144 Å². The van der Waals surface area contributed by atoms with Crippen LogP contribution in [0.4, 0.5) is 5.82 Å². The molecule has 0 saturated carbocycles. The van der Waals surface area contributed by atoms with Crippen LogP contribution in [0.3, 0.4) is 0 Å². The van der Waals surface area contributed by atoms with Crippen molar-refractivity contribution in [1.29, 1.82) is 0 Å². The normalized spacial score (nSPS) is 11.5. The monoisotopic (exact) mass is 360 g/mol. The Morgan fingerprint density at radius 2 is 1.92 bits per heavy atom. The number of benzene rings is 1. The number of methoxy groups -OCH3 is 1. The van der Waals surface area contributed by atoms with Crippen molar-refractivity contribution in [3.05, 3.63) is 47.8 Å². The highest BCUT2D eigenvalue weighted by Crippen LogP contribution is 2.31. The fourth-order valence-electron chi connectivity index (χ4n) is 2.50. The molecule has 0 atom stereocenters. The molecule has 0 amide bonds. The third-order valence-corrected chi connectivity index (χ3v) is 5.43. The maximum absolute atomic E-state index is 13.1. The lowest BCUT2D eigenvalue weighted by atomic mass is 10.3. The molecule has 0 aliphatic heterocycles. The molecule has 0 saturated heterocycles. The lowest BCUT2D eigenvalue weighted by Crippen LogP contribution is -2.11. The van der Waals surface area contributed by atoms with Crippen molar-refractivity contribution in [2.45, 2.75) is 16.7 Å². The first-order valence-electron chi connectivity index (χ1n) is 7.36. The van der Waals surface area contributed by atoms with Gasteiger partial charge in [-0.3, -0.25) is 0 Å². The van der Waals surface area contributed by atoms with Gasteiger partial charge in [-0.05, 0) is 25.1 Å². The van der Waals surface area contributed by atoms with Crippen LogP contribution in [0.25, 0.3) is 5.65 Å². The molecule has 9 heteroatoms. The Hall–Kier alpha value is -2.94. The van der Waals surface area contributed by atoms with E-state index in [9.17, 15) is 13.2 Å². The predicted molar refractivity (Wildman–Crippen MR) is 90.5 cm³/mol. The summed E-state index contributed by atoms with van der Waals surface area (Å²) in [6.45, 7) is 1.66. The summed E-state index contributed by atoms with van der Waals surface area (Å²) in [5.41, 5.74) is 0.629. The second-order valence-corrected chi connectivity index (χ2v) is 7.14. The Morgan fingerprint density at radius 1 is 1.24 bits per heavy atom.